The fraction of sp³-hybridized carbons (Fsp3) is 0.158. The lowest BCUT2D eigenvalue weighted by molar-refractivity contribution is -0.137. The number of likely N-dealkylation sites (N-methyl/N-ethyl adjacent to an activating group) is 2. The number of carbonyl (C=O) groups excluding carboxylic acids is 2. The second kappa shape index (κ2) is 6.29. The van der Waals surface area contributed by atoms with Gasteiger partial charge in [0.15, 0.2) is 6.10 Å². The number of urea groups is 1. The van der Waals surface area contributed by atoms with Gasteiger partial charge in [-0.2, -0.15) is 0 Å². The molecule has 2 aromatic rings. The first-order valence-electron chi connectivity index (χ1n) is 7.60. The summed E-state index contributed by atoms with van der Waals surface area (Å²) in [5.74, 6) is -0.627. The molecular weight excluding hydrogens is 304 g/mol. The van der Waals surface area contributed by atoms with Crippen LogP contribution >= 0.6 is 0 Å². The Balaban J connectivity index is 2.29. The Bertz CT molecular complexity index is 734. The minimum Gasteiger partial charge on any atom is -0.377 e. The molecule has 2 aromatic carbocycles. The van der Waals surface area contributed by atoms with Crippen molar-refractivity contribution in [2.45, 2.75) is 6.10 Å². The first-order chi connectivity index (χ1) is 11.5. The highest BCUT2D eigenvalue weighted by molar-refractivity contribution is 6.04. The van der Waals surface area contributed by atoms with E-state index in [9.17, 15) is 14.7 Å². The molecule has 1 fully saturated rings. The number of imide groups is 1. The summed E-state index contributed by atoms with van der Waals surface area (Å²) in [7, 11) is 2.93. The third-order valence-corrected chi connectivity index (χ3v) is 4.14. The summed E-state index contributed by atoms with van der Waals surface area (Å²) in [6, 6.07) is 18.4. The molecule has 24 heavy (non-hydrogen) atoms. The van der Waals surface area contributed by atoms with Crippen LogP contribution < -0.4 is 0 Å². The zero-order chi connectivity index (χ0) is 17.3. The number of benzene rings is 2. The number of nitrogens with zero attached hydrogens (tertiary/aromatic N) is 2. The number of rotatable bonds is 2. The fourth-order valence-corrected chi connectivity index (χ4v) is 2.88. The smallest absolute Gasteiger partial charge is 0.330 e. The maximum absolute atomic E-state index is 12.3. The second-order valence-corrected chi connectivity index (χ2v) is 5.63. The Kier molecular flexibility index (Phi) is 4.18. The molecule has 0 radical (unpaired) electrons. The zero-order valence-electron chi connectivity index (χ0n) is 13.5. The molecule has 1 atom stereocenters. The highest BCUT2D eigenvalue weighted by Gasteiger charge is 2.40. The number of aliphatic hydroxyl groups is 1. The third kappa shape index (κ3) is 2.59. The predicted molar refractivity (Wildman–Crippen MR) is 90.8 cm³/mol. The lowest BCUT2D eigenvalue weighted by Crippen LogP contribution is -2.55. The van der Waals surface area contributed by atoms with Crippen molar-refractivity contribution in [3.63, 3.8) is 0 Å². The van der Waals surface area contributed by atoms with Gasteiger partial charge in [-0.3, -0.25) is 14.6 Å². The number of aliphatic hydroxyl groups excluding tert-OH is 1. The monoisotopic (exact) mass is 322 g/mol. The molecule has 1 N–H and O–H groups in total. The van der Waals surface area contributed by atoms with Crippen LogP contribution in [0.25, 0.3) is 5.57 Å². The van der Waals surface area contributed by atoms with Crippen LogP contribution in [0.1, 0.15) is 11.1 Å². The predicted octanol–water partition coefficient (Wildman–Crippen LogP) is 2.33. The second-order valence-electron chi connectivity index (χ2n) is 5.63. The van der Waals surface area contributed by atoms with Crippen LogP contribution in [0.5, 0.6) is 0 Å². The van der Waals surface area contributed by atoms with Gasteiger partial charge in [-0.05, 0) is 11.1 Å². The molecular formula is C19H18N2O3. The van der Waals surface area contributed by atoms with Crippen molar-refractivity contribution in [1.82, 2.24) is 9.80 Å². The number of carbonyl (C=O) groups is 2. The van der Waals surface area contributed by atoms with Crippen molar-refractivity contribution < 1.29 is 14.7 Å². The molecule has 0 bridgehead atoms. The first kappa shape index (κ1) is 16.0. The molecule has 1 unspecified atom stereocenters. The molecule has 1 saturated heterocycles. The van der Waals surface area contributed by atoms with E-state index < -0.39 is 18.0 Å². The van der Waals surface area contributed by atoms with Gasteiger partial charge >= 0.3 is 6.03 Å². The van der Waals surface area contributed by atoms with Crippen molar-refractivity contribution in [3.05, 3.63) is 77.5 Å². The molecule has 0 saturated carbocycles. The summed E-state index contributed by atoms with van der Waals surface area (Å²) in [5, 5.41) is 10.5. The SMILES string of the molecule is CN1C(=O)C(O)C(=C(c2ccccc2)c2ccccc2)N(C)C1=O. The Labute approximate surface area is 140 Å². The summed E-state index contributed by atoms with van der Waals surface area (Å²) >= 11 is 0. The van der Waals surface area contributed by atoms with Gasteiger partial charge in [-0.25, -0.2) is 4.79 Å². The maximum atomic E-state index is 12.3. The average Bonchev–Trinajstić information content (AvgIpc) is 2.63. The summed E-state index contributed by atoms with van der Waals surface area (Å²) in [6.07, 6.45) is -1.40. The van der Waals surface area contributed by atoms with Gasteiger partial charge in [0.05, 0.1) is 5.70 Å². The topological polar surface area (TPSA) is 60.9 Å². The van der Waals surface area contributed by atoms with Crippen molar-refractivity contribution in [2.24, 2.45) is 0 Å². The minimum absolute atomic E-state index is 0.292. The first-order valence-corrected chi connectivity index (χ1v) is 7.60. The van der Waals surface area contributed by atoms with E-state index in [4.69, 9.17) is 0 Å². The van der Waals surface area contributed by atoms with Gasteiger partial charge in [0.2, 0.25) is 0 Å². The van der Waals surface area contributed by atoms with Gasteiger partial charge < -0.3 is 5.11 Å². The lowest BCUT2D eigenvalue weighted by Gasteiger charge is -2.36. The molecule has 0 aromatic heterocycles. The minimum atomic E-state index is -1.40. The van der Waals surface area contributed by atoms with Crippen LogP contribution in [0.15, 0.2) is 66.4 Å². The highest BCUT2D eigenvalue weighted by Crippen LogP contribution is 2.32. The van der Waals surface area contributed by atoms with Crippen molar-refractivity contribution in [1.29, 1.82) is 0 Å². The number of hydrogen-bond donors (Lipinski definition) is 1. The summed E-state index contributed by atoms with van der Waals surface area (Å²) < 4.78 is 0. The Morgan fingerprint density at radius 3 is 1.75 bits per heavy atom. The van der Waals surface area contributed by atoms with E-state index in [-0.39, 0.29) is 0 Å². The van der Waals surface area contributed by atoms with Crippen LogP contribution in [0.3, 0.4) is 0 Å². The summed E-state index contributed by atoms with van der Waals surface area (Å²) in [5.41, 5.74) is 2.62. The van der Waals surface area contributed by atoms with Gasteiger partial charge in [-0.15, -0.1) is 0 Å². The largest absolute Gasteiger partial charge is 0.377 e. The molecule has 3 rings (SSSR count). The molecule has 3 amide bonds. The van der Waals surface area contributed by atoms with E-state index in [0.29, 0.717) is 11.3 Å². The van der Waals surface area contributed by atoms with Gasteiger partial charge in [0.25, 0.3) is 5.91 Å². The molecule has 5 nitrogen and oxygen atoms in total. The molecule has 0 aliphatic carbocycles. The summed E-state index contributed by atoms with van der Waals surface area (Å²) in [6.45, 7) is 0. The number of amides is 3. The van der Waals surface area contributed by atoms with E-state index in [1.54, 1.807) is 7.05 Å². The van der Waals surface area contributed by atoms with Gasteiger partial charge in [0.1, 0.15) is 0 Å². The zero-order valence-corrected chi connectivity index (χ0v) is 13.5. The van der Waals surface area contributed by atoms with E-state index in [1.165, 1.54) is 11.9 Å². The molecule has 1 aliphatic heterocycles. The van der Waals surface area contributed by atoms with Crippen molar-refractivity contribution in [2.75, 3.05) is 14.1 Å². The normalized spacial score (nSPS) is 18.1. The standard InChI is InChI=1S/C19H18N2O3/c1-20-16(17(22)18(23)21(2)19(20)24)15(13-9-5-3-6-10-13)14-11-7-4-8-12-14/h3-12,17,22H,1-2H3. The quantitative estimate of drug-likeness (QED) is 0.923. The Hall–Kier alpha value is -2.92. The number of hydrogen-bond acceptors (Lipinski definition) is 3. The maximum Gasteiger partial charge on any atom is 0.330 e. The summed E-state index contributed by atoms with van der Waals surface area (Å²) in [4.78, 5) is 26.9. The van der Waals surface area contributed by atoms with Crippen LogP contribution in [-0.2, 0) is 4.79 Å². The van der Waals surface area contributed by atoms with Gasteiger partial charge in [-0.1, -0.05) is 60.7 Å². The van der Waals surface area contributed by atoms with E-state index in [1.807, 2.05) is 60.7 Å². The van der Waals surface area contributed by atoms with Crippen LogP contribution in [0, 0.1) is 0 Å². The Morgan fingerprint density at radius 2 is 1.29 bits per heavy atom. The molecule has 5 heteroatoms. The van der Waals surface area contributed by atoms with Crippen molar-refractivity contribution >= 4 is 17.5 Å². The van der Waals surface area contributed by atoms with Crippen LogP contribution in [0.4, 0.5) is 4.79 Å². The molecule has 0 spiro atoms. The van der Waals surface area contributed by atoms with E-state index in [2.05, 4.69) is 0 Å². The van der Waals surface area contributed by atoms with Crippen LogP contribution in [0.2, 0.25) is 0 Å². The molecule has 122 valence electrons. The van der Waals surface area contributed by atoms with Gasteiger partial charge in [0, 0.05) is 19.7 Å². The highest BCUT2D eigenvalue weighted by atomic mass is 16.3. The molecule has 1 aliphatic rings. The fourth-order valence-electron chi connectivity index (χ4n) is 2.88. The van der Waals surface area contributed by atoms with E-state index in [0.717, 1.165) is 16.0 Å². The molecule has 1 heterocycles. The average molecular weight is 322 g/mol. The third-order valence-electron chi connectivity index (χ3n) is 4.14. The van der Waals surface area contributed by atoms with Crippen LogP contribution in [-0.4, -0.2) is 47.0 Å². The Morgan fingerprint density at radius 1 is 0.833 bits per heavy atom. The van der Waals surface area contributed by atoms with Crippen molar-refractivity contribution in [3.8, 4) is 0 Å². The lowest BCUT2D eigenvalue weighted by atomic mass is 9.92. The van der Waals surface area contributed by atoms with E-state index >= 15 is 0 Å².